The predicted octanol–water partition coefficient (Wildman–Crippen LogP) is 4.43. The van der Waals surface area contributed by atoms with Gasteiger partial charge in [0.15, 0.2) is 0 Å². The molecule has 0 unspecified atom stereocenters. The quantitative estimate of drug-likeness (QED) is 0.338. The van der Waals surface area contributed by atoms with Crippen LogP contribution in [0.2, 0.25) is 0 Å². The molecular formula is C12H12F3N3O. The first kappa shape index (κ1) is 14.9. The maximum absolute atomic E-state index is 12.5. The molecule has 19 heavy (non-hydrogen) atoms. The minimum absolute atomic E-state index is 0.148. The van der Waals surface area contributed by atoms with Crippen molar-refractivity contribution >= 4 is 6.08 Å². The van der Waals surface area contributed by atoms with Crippen LogP contribution in [0.3, 0.4) is 0 Å². The molecule has 0 aliphatic carbocycles. The van der Waals surface area contributed by atoms with Crippen molar-refractivity contribution in [3.63, 3.8) is 0 Å². The van der Waals surface area contributed by atoms with Crippen LogP contribution in [0.15, 0.2) is 29.4 Å². The van der Waals surface area contributed by atoms with Crippen LogP contribution < -0.4 is 4.74 Å². The lowest BCUT2D eigenvalue weighted by Crippen LogP contribution is -2.05. The summed E-state index contributed by atoms with van der Waals surface area (Å²) in [5.74, 6) is 0.148. The van der Waals surface area contributed by atoms with Crippen molar-refractivity contribution in [3.05, 3.63) is 45.8 Å². The van der Waals surface area contributed by atoms with E-state index in [2.05, 4.69) is 10.0 Å². The number of rotatable bonds is 5. The van der Waals surface area contributed by atoms with Crippen molar-refractivity contribution in [2.24, 2.45) is 5.11 Å². The molecule has 0 spiro atoms. The highest BCUT2D eigenvalue weighted by Gasteiger charge is 2.31. The number of azide groups is 1. The second-order valence-corrected chi connectivity index (χ2v) is 3.60. The Kier molecular flexibility index (Phi) is 5.26. The van der Waals surface area contributed by atoms with Gasteiger partial charge in [-0.15, -0.1) is 0 Å². The van der Waals surface area contributed by atoms with Crippen LogP contribution >= 0.6 is 0 Å². The van der Waals surface area contributed by atoms with Gasteiger partial charge in [-0.1, -0.05) is 23.3 Å². The van der Waals surface area contributed by atoms with E-state index in [1.165, 1.54) is 13.2 Å². The lowest BCUT2D eigenvalue weighted by molar-refractivity contribution is -0.137. The van der Waals surface area contributed by atoms with Gasteiger partial charge in [0.2, 0.25) is 0 Å². The third kappa shape index (κ3) is 4.56. The highest BCUT2D eigenvalue weighted by atomic mass is 19.4. The van der Waals surface area contributed by atoms with Gasteiger partial charge in [-0.2, -0.15) is 13.2 Å². The van der Waals surface area contributed by atoms with Gasteiger partial charge in [-0.25, -0.2) is 0 Å². The lowest BCUT2D eigenvalue weighted by atomic mass is 10.1. The Morgan fingerprint density at radius 3 is 2.74 bits per heavy atom. The second-order valence-electron chi connectivity index (χ2n) is 3.60. The van der Waals surface area contributed by atoms with Gasteiger partial charge in [-0.3, -0.25) is 0 Å². The van der Waals surface area contributed by atoms with Crippen molar-refractivity contribution in [3.8, 4) is 5.75 Å². The van der Waals surface area contributed by atoms with Crippen LogP contribution in [0.1, 0.15) is 17.5 Å². The zero-order chi connectivity index (χ0) is 14.3. The molecule has 1 rings (SSSR count). The average molecular weight is 271 g/mol. The van der Waals surface area contributed by atoms with Gasteiger partial charge in [0.05, 0.1) is 12.7 Å². The largest absolute Gasteiger partial charge is 0.496 e. The maximum Gasteiger partial charge on any atom is 0.416 e. The molecule has 0 aliphatic rings. The van der Waals surface area contributed by atoms with Crippen molar-refractivity contribution in [1.29, 1.82) is 0 Å². The molecule has 0 aromatic heterocycles. The number of hydrogen-bond acceptors (Lipinski definition) is 2. The molecular weight excluding hydrogens is 259 g/mol. The zero-order valence-corrected chi connectivity index (χ0v) is 10.2. The summed E-state index contributed by atoms with van der Waals surface area (Å²) in [4.78, 5) is 2.59. The van der Waals surface area contributed by atoms with Gasteiger partial charge in [0.1, 0.15) is 5.75 Å². The van der Waals surface area contributed by atoms with Crippen LogP contribution in [-0.4, -0.2) is 13.7 Å². The molecule has 0 saturated heterocycles. The van der Waals surface area contributed by atoms with E-state index in [4.69, 9.17) is 10.3 Å². The van der Waals surface area contributed by atoms with Crippen molar-refractivity contribution in [2.75, 3.05) is 13.7 Å². The average Bonchev–Trinajstić information content (AvgIpc) is 2.37. The standard InChI is InChI=1S/C12H12F3N3O/c1-19-11-8-10(12(13,14)15)6-5-9(11)4-2-3-7-17-18-16/h2,4-6,8H,3,7H2,1H3. The molecule has 4 nitrogen and oxygen atoms in total. The fourth-order valence-electron chi connectivity index (χ4n) is 1.41. The molecule has 1 aromatic rings. The molecule has 0 radical (unpaired) electrons. The molecule has 0 bridgehead atoms. The Morgan fingerprint density at radius 1 is 1.42 bits per heavy atom. The predicted molar refractivity (Wildman–Crippen MR) is 65.7 cm³/mol. The van der Waals surface area contributed by atoms with Gasteiger partial charge in [-0.05, 0) is 24.1 Å². The fraction of sp³-hybridized carbons (Fsp3) is 0.333. The highest BCUT2D eigenvalue weighted by Crippen LogP contribution is 2.33. The first-order valence-electron chi connectivity index (χ1n) is 5.41. The third-order valence-electron chi connectivity index (χ3n) is 2.32. The van der Waals surface area contributed by atoms with E-state index in [9.17, 15) is 13.2 Å². The van der Waals surface area contributed by atoms with Gasteiger partial charge >= 0.3 is 6.18 Å². The number of nitrogens with zero attached hydrogens (tertiary/aromatic N) is 3. The third-order valence-corrected chi connectivity index (χ3v) is 2.32. The van der Waals surface area contributed by atoms with Crippen LogP contribution in [0.4, 0.5) is 13.2 Å². The summed E-state index contributed by atoms with van der Waals surface area (Å²) < 4.78 is 42.4. The molecule has 0 atom stereocenters. The minimum Gasteiger partial charge on any atom is -0.496 e. The number of methoxy groups -OCH3 is 1. The smallest absolute Gasteiger partial charge is 0.416 e. The zero-order valence-electron chi connectivity index (χ0n) is 10.2. The first-order valence-corrected chi connectivity index (χ1v) is 5.41. The molecule has 0 fully saturated rings. The Bertz CT molecular complexity index is 505. The summed E-state index contributed by atoms with van der Waals surface area (Å²) in [5.41, 5.74) is 7.86. The summed E-state index contributed by atoms with van der Waals surface area (Å²) in [6.07, 6.45) is -0.545. The number of halogens is 3. The van der Waals surface area contributed by atoms with Gasteiger partial charge < -0.3 is 4.74 Å². The van der Waals surface area contributed by atoms with Gasteiger partial charge in [0.25, 0.3) is 0 Å². The molecule has 0 saturated carbocycles. The van der Waals surface area contributed by atoms with Gasteiger partial charge in [0, 0.05) is 17.0 Å². The number of benzene rings is 1. The summed E-state index contributed by atoms with van der Waals surface area (Å²) in [7, 11) is 1.31. The number of hydrogen-bond donors (Lipinski definition) is 0. The normalized spacial score (nSPS) is 11.4. The Morgan fingerprint density at radius 2 is 2.16 bits per heavy atom. The topological polar surface area (TPSA) is 58.0 Å². The highest BCUT2D eigenvalue weighted by molar-refractivity contribution is 5.58. The summed E-state index contributed by atoms with van der Waals surface area (Å²) >= 11 is 0. The molecule has 1 aromatic carbocycles. The monoisotopic (exact) mass is 271 g/mol. The molecule has 0 heterocycles. The number of alkyl halides is 3. The molecule has 0 N–H and O–H groups in total. The van der Waals surface area contributed by atoms with Crippen LogP contribution in [0.5, 0.6) is 5.75 Å². The summed E-state index contributed by atoms with van der Waals surface area (Å²) in [5, 5.41) is 3.34. The molecule has 7 heteroatoms. The first-order chi connectivity index (χ1) is 8.99. The van der Waals surface area contributed by atoms with Crippen molar-refractivity contribution < 1.29 is 17.9 Å². The summed E-state index contributed by atoms with van der Waals surface area (Å²) in [6, 6.07) is 3.29. The Hall–Kier alpha value is -2.14. The van der Waals surface area contributed by atoms with E-state index >= 15 is 0 Å². The molecule has 0 amide bonds. The van der Waals surface area contributed by atoms with Crippen molar-refractivity contribution in [1.82, 2.24) is 0 Å². The van der Waals surface area contributed by atoms with Crippen molar-refractivity contribution in [2.45, 2.75) is 12.6 Å². The second kappa shape index (κ2) is 6.70. The molecule has 0 aliphatic heterocycles. The van der Waals surface area contributed by atoms with E-state index in [1.807, 2.05) is 0 Å². The van der Waals surface area contributed by atoms with E-state index in [-0.39, 0.29) is 5.75 Å². The van der Waals surface area contributed by atoms with E-state index < -0.39 is 11.7 Å². The van der Waals surface area contributed by atoms with Crippen LogP contribution in [0.25, 0.3) is 16.5 Å². The summed E-state index contributed by atoms with van der Waals surface area (Å²) in [6.45, 7) is 0.302. The maximum atomic E-state index is 12.5. The SMILES string of the molecule is COc1cc(C(F)(F)F)ccc1C=CCCN=[N+]=[N-]. The number of ether oxygens (including phenoxy) is 1. The van der Waals surface area contributed by atoms with E-state index in [0.29, 0.717) is 18.5 Å². The van der Waals surface area contributed by atoms with E-state index in [0.717, 1.165) is 12.1 Å². The van der Waals surface area contributed by atoms with E-state index in [1.54, 1.807) is 12.2 Å². The van der Waals surface area contributed by atoms with Crippen LogP contribution in [-0.2, 0) is 6.18 Å². The Balaban J connectivity index is 2.87. The fourth-order valence-corrected chi connectivity index (χ4v) is 1.41. The molecule has 102 valence electrons. The van der Waals surface area contributed by atoms with Crippen LogP contribution in [0, 0.1) is 0 Å². The minimum atomic E-state index is -4.39. The Labute approximate surface area is 108 Å². The lowest BCUT2D eigenvalue weighted by Gasteiger charge is -2.10.